The molecule has 1 N–H and O–H groups in total. The standard InChI is InChI=1S/C30H33F6N3O4/c1-28(2,3)43-27(42)20(15-17-30(34,35)36)19(14-16-29(31,32)33)25(40)38-24-26(41)39(4)22-13-9-8-12-21(22)23(37-24)18-10-6-5-7-11-18/h5-13,19-20,24H,14-17H2,1-4H3,(H,38,40)/t19-,20+,24-/m1/s1. The molecule has 13 heteroatoms. The normalized spacial score (nSPS) is 17.3. The number of halogens is 6. The number of carbonyl (C=O) groups excluding carboxylic acids is 3. The van der Waals surface area contributed by atoms with Crippen LogP contribution in [0.1, 0.15) is 57.6 Å². The van der Waals surface area contributed by atoms with Crippen LogP contribution >= 0.6 is 0 Å². The van der Waals surface area contributed by atoms with Crippen LogP contribution in [0.15, 0.2) is 59.6 Å². The number of alkyl halides is 6. The number of hydrogen-bond donors (Lipinski definition) is 1. The number of amides is 2. The second-order valence-corrected chi connectivity index (χ2v) is 11.2. The lowest BCUT2D eigenvalue weighted by atomic mass is 9.83. The van der Waals surface area contributed by atoms with Crippen molar-refractivity contribution < 1.29 is 45.5 Å². The average molecular weight is 614 g/mol. The van der Waals surface area contributed by atoms with Crippen molar-refractivity contribution in [3.8, 4) is 0 Å². The number of ether oxygens (including phenoxy) is 1. The number of nitrogens with one attached hydrogen (secondary N) is 1. The van der Waals surface area contributed by atoms with Gasteiger partial charge in [0.1, 0.15) is 5.60 Å². The molecule has 0 unspecified atom stereocenters. The van der Waals surface area contributed by atoms with Gasteiger partial charge in [0, 0.05) is 31.0 Å². The quantitative estimate of drug-likeness (QED) is 0.270. The van der Waals surface area contributed by atoms with Crippen LogP contribution in [0.4, 0.5) is 32.0 Å². The van der Waals surface area contributed by atoms with Crippen molar-refractivity contribution in [3.63, 3.8) is 0 Å². The van der Waals surface area contributed by atoms with Crippen LogP contribution in [0.25, 0.3) is 0 Å². The Morgan fingerprint density at radius 1 is 0.884 bits per heavy atom. The molecular formula is C30H33F6N3O4. The van der Waals surface area contributed by atoms with Crippen LogP contribution in [0.3, 0.4) is 0 Å². The highest BCUT2D eigenvalue weighted by Gasteiger charge is 2.43. The Morgan fingerprint density at radius 3 is 1.98 bits per heavy atom. The Kier molecular flexibility index (Phi) is 10.3. The maximum atomic E-state index is 13.6. The van der Waals surface area contributed by atoms with E-state index in [1.54, 1.807) is 54.6 Å². The van der Waals surface area contributed by atoms with Crippen LogP contribution in [0, 0.1) is 11.8 Å². The first kappa shape index (κ1) is 33.6. The zero-order valence-electron chi connectivity index (χ0n) is 24.1. The van der Waals surface area contributed by atoms with Crippen molar-refractivity contribution in [2.45, 2.75) is 70.6 Å². The van der Waals surface area contributed by atoms with E-state index in [9.17, 15) is 40.7 Å². The Bertz CT molecular complexity index is 1340. The van der Waals surface area contributed by atoms with E-state index < -0.39 is 79.4 Å². The van der Waals surface area contributed by atoms with E-state index in [0.29, 0.717) is 22.5 Å². The van der Waals surface area contributed by atoms with Crippen molar-refractivity contribution >= 4 is 29.2 Å². The second-order valence-electron chi connectivity index (χ2n) is 11.2. The lowest BCUT2D eigenvalue weighted by molar-refractivity contribution is -0.171. The molecule has 0 bridgehead atoms. The number of likely N-dealkylation sites (N-methyl/N-ethyl adjacent to an activating group) is 1. The van der Waals surface area contributed by atoms with Crippen LogP contribution in [-0.2, 0) is 19.1 Å². The molecule has 0 fully saturated rings. The van der Waals surface area contributed by atoms with E-state index in [0.717, 1.165) is 0 Å². The summed E-state index contributed by atoms with van der Waals surface area (Å²) in [5, 5.41) is 2.33. The molecule has 2 aromatic carbocycles. The number of esters is 1. The number of para-hydroxylation sites is 1. The van der Waals surface area contributed by atoms with E-state index in [4.69, 9.17) is 4.74 Å². The summed E-state index contributed by atoms with van der Waals surface area (Å²) in [6.45, 7) is 4.32. The minimum absolute atomic E-state index is 0.298. The van der Waals surface area contributed by atoms with Gasteiger partial charge in [-0.05, 0) is 39.7 Å². The highest BCUT2D eigenvalue weighted by Crippen LogP contribution is 2.35. The van der Waals surface area contributed by atoms with Gasteiger partial charge in [-0.2, -0.15) is 26.3 Å². The van der Waals surface area contributed by atoms with Gasteiger partial charge in [0.25, 0.3) is 5.91 Å². The van der Waals surface area contributed by atoms with Gasteiger partial charge in [-0.15, -0.1) is 0 Å². The minimum Gasteiger partial charge on any atom is -0.460 e. The van der Waals surface area contributed by atoms with E-state index >= 15 is 0 Å². The summed E-state index contributed by atoms with van der Waals surface area (Å²) in [4.78, 5) is 45.9. The fourth-order valence-electron chi connectivity index (χ4n) is 4.70. The molecule has 3 rings (SSSR count). The monoisotopic (exact) mass is 613 g/mol. The van der Waals surface area contributed by atoms with Crippen LogP contribution in [0.2, 0.25) is 0 Å². The molecule has 0 spiro atoms. The molecule has 0 saturated carbocycles. The van der Waals surface area contributed by atoms with Gasteiger partial charge in [-0.25, -0.2) is 4.99 Å². The number of nitrogens with zero attached hydrogens (tertiary/aromatic N) is 2. The van der Waals surface area contributed by atoms with Crippen molar-refractivity contribution in [1.82, 2.24) is 5.32 Å². The number of benzene rings is 2. The predicted octanol–water partition coefficient (Wildman–Crippen LogP) is 6.20. The Morgan fingerprint density at radius 2 is 1.42 bits per heavy atom. The molecular weight excluding hydrogens is 580 g/mol. The van der Waals surface area contributed by atoms with E-state index in [1.165, 1.54) is 32.7 Å². The first-order valence-electron chi connectivity index (χ1n) is 13.5. The third-order valence-corrected chi connectivity index (χ3v) is 6.68. The Labute approximate surface area is 245 Å². The van der Waals surface area contributed by atoms with Crippen LogP contribution in [0.5, 0.6) is 0 Å². The summed E-state index contributed by atoms with van der Waals surface area (Å²) >= 11 is 0. The molecule has 1 aliphatic rings. The summed E-state index contributed by atoms with van der Waals surface area (Å²) in [6.07, 6.45) is -16.3. The summed E-state index contributed by atoms with van der Waals surface area (Å²) < 4.78 is 84.7. The molecule has 1 aliphatic heterocycles. The number of benzodiazepines with no additional fused rings is 1. The summed E-state index contributed by atoms with van der Waals surface area (Å²) in [7, 11) is 1.43. The van der Waals surface area contributed by atoms with E-state index in [2.05, 4.69) is 10.3 Å². The minimum atomic E-state index is -4.78. The molecule has 0 aliphatic carbocycles. The van der Waals surface area contributed by atoms with Crippen molar-refractivity contribution in [1.29, 1.82) is 0 Å². The number of aliphatic imine (C=N–C) groups is 1. The number of fused-ring (bicyclic) bond motifs is 1. The predicted molar refractivity (Wildman–Crippen MR) is 147 cm³/mol. The van der Waals surface area contributed by atoms with Gasteiger partial charge in [-0.1, -0.05) is 48.5 Å². The zero-order chi connectivity index (χ0) is 32.2. The molecule has 234 valence electrons. The number of anilines is 1. The molecule has 3 atom stereocenters. The van der Waals surface area contributed by atoms with Gasteiger partial charge >= 0.3 is 18.3 Å². The van der Waals surface area contributed by atoms with Crippen molar-refractivity contribution in [2.75, 3.05) is 11.9 Å². The molecule has 7 nitrogen and oxygen atoms in total. The van der Waals surface area contributed by atoms with Gasteiger partial charge in [0.05, 0.1) is 23.2 Å². The molecule has 2 aromatic rings. The smallest absolute Gasteiger partial charge is 0.389 e. The van der Waals surface area contributed by atoms with Crippen LogP contribution in [-0.4, -0.2) is 54.7 Å². The fraction of sp³-hybridized carbons (Fsp3) is 0.467. The van der Waals surface area contributed by atoms with Gasteiger partial charge in [0.15, 0.2) is 0 Å². The third-order valence-electron chi connectivity index (χ3n) is 6.68. The maximum Gasteiger partial charge on any atom is 0.389 e. The topological polar surface area (TPSA) is 88.1 Å². The maximum absolute atomic E-state index is 13.6. The molecule has 43 heavy (non-hydrogen) atoms. The lowest BCUT2D eigenvalue weighted by Crippen LogP contribution is -2.50. The van der Waals surface area contributed by atoms with E-state index in [-0.39, 0.29) is 0 Å². The summed E-state index contributed by atoms with van der Waals surface area (Å²) in [6, 6.07) is 15.4. The van der Waals surface area contributed by atoms with Crippen molar-refractivity contribution in [3.05, 3.63) is 65.7 Å². The molecule has 2 amide bonds. The Hall–Kier alpha value is -3.90. The zero-order valence-corrected chi connectivity index (χ0v) is 24.1. The highest BCUT2D eigenvalue weighted by molar-refractivity contribution is 6.20. The molecule has 1 heterocycles. The number of rotatable bonds is 9. The third kappa shape index (κ3) is 9.55. The summed E-state index contributed by atoms with van der Waals surface area (Å²) in [5.41, 5.74) is 0.651. The highest BCUT2D eigenvalue weighted by atomic mass is 19.4. The first-order chi connectivity index (χ1) is 19.9. The molecule has 0 saturated heterocycles. The SMILES string of the molecule is CN1C(=O)[C@@H](NC(=O)[C@H](CCC(F)(F)F)[C@H](CCC(F)(F)F)C(=O)OC(C)(C)C)N=C(c2ccccc2)c2ccccc21. The lowest BCUT2D eigenvalue weighted by Gasteiger charge is -2.30. The Balaban J connectivity index is 2.05. The second kappa shape index (κ2) is 13.2. The molecule has 0 radical (unpaired) electrons. The first-order valence-corrected chi connectivity index (χ1v) is 13.5. The van der Waals surface area contributed by atoms with Gasteiger partial charge in [0.2, 0.25) is 12.1 Å². The largest absolute Gasteiger partial charge is 0.460 e. The summed E-state index contributed by atoms with van der Waals surface area (Å²) in [5.74, 6) is -7.00. The van der Waals surface area contributed by atoms with Crippen molar-refractivity contribution in [2.24, 2.45) is 16.8 Å². The van der Waals surface area contributed by atoms with E-state index in [1.807, 2.05) is 0 Å². The van der Waals surface area contributed by atoms with Gasteiger partial charge in [-0.3, -0.25) is 14.4 Å². The number of carbonyl (C=O) groups is 3. The average Bonchev–Trinajstić information content (AvgIpc) is 2.99. The fourth-order valence-corrected chi connectivity index (χ4v) is 4.70. The van der Waals surface area contributed by atoms with Gasteiger partial charge < -0.3 is 15.0 Å². The molecule has 0 aromatic heterocycles. The number of hydrogen-bond acceptors (Lipinski definition) is 5. The van der Waals surface area contributed by atoms with Crippen LogP contribution < -0.4 is 10.2 Å².